The van der Waals surface area contributed by atoms with Crippen LogP contribution in [0.2, 0.25) is 0 Å². The second kappa shape index (κ2) is 4.42. The Labute approximate surface area is 58.4 Å². The van der Waals surface area contributed by atoms with E-state index in [1.54, 1.807) is 0 Å². The van der Waals surface area contributed by atoms with Crippen molar-refractivity contribution in [3.05, 3.63) is 11.8 Å². The van der Waals surface area contributed by atoms with Crippen molar-refractivity contribution in [3.63, 3.8) is 0 Å². The lowest BCUT2D eigenvalue weighted by molar-refractivity contribution is 0.554. The number of nitrogens with zero attached hydrogens (tertiary/aromatic N) is 1. The number of allylic oxidation sites excluding steroid dienone is 1. The first-order valence-electron chi connectivity index (χ1n) is 3.50. The SMILES string of the molecule is CCCC(C)=CN(C)C. The second-order valence-corrected chi connectivity index (χ2v) is 2.69. The van der Waals surface area contributed by atoms with E-state index in [0.29, 0.717) is 0 Å². The Hall–Kier alpha value is -0.460. The van der Waals surface area contributed by atoms with E-state index < -0.39 is 0 Å². The lowest BCUT2D eigenvalue weighted by Crippen LogP contribution is -2.01. The van der Waals surface area contributed by atoms with Gasteiger partial charge in [-0.2, -0.15) is 0 Å². The number of hydrogen-bond acceptors (Lipinski definition) is 1. The van der Waals surface area contributed by atoms with Gasteiger partial charge in [0.25, 0.3) is 0 Å². The Balaban J connectivity index is 3.55. The first-order chi connectivity index (χ1) is 4.16. The Kier molecular flexibility index (Phi) is 4.20. The summed E-state index contributed by atoms with van der Waals surface area (Å²) in [6, 6.07) is 0. The molecule has 0 aliphatic rings. The van der Waals surface area contributed by atoms with Crippen LogP contribution in [0.15, 0.2) is 11.8 Å². The molecule has 0 aliphatic heterocycles. The summed E-state index contributed by atoms with van der Waals surface area (Å²) in [5.41, 5.74) is 1.46. The zero-order valence-corrected chi connectivity index (χ0v) is 6.94. The molecule has 0 heterocycles. The van der Waals surface area contributed by atoms with Crippen LogP contribution in [-0.2, 0) is 0 Å². The standard InChI is InChI=1S/C8H17N/c1-5-6-8(2)7-9(3)4/h7H,5-6H2,1-4H3. The summed E-state index contributed by atoms with van der Waals surface area (Å²) in [6.07, 6.45) is 4.64. The molecule has 0 saturated heterocycles. The highest BCUT2D eigenvalue weighted by Crippen LogP contribution is 2.02. The first kappa shape index (κ1) is 8.54. The van der Waals surface area contributed by atoms with Crippen LogP contribution in [-0.4, -0.2) is 19.0 Å². The van der Waals surface area contributed by atoms with Gasteiger partial charge in [0.15, 0.2) is 0 Å². The average molecular weight is 127 g/mol. The average Bonchev–Trinajstić information content (AvgIpc) is 1.63. The van der Waals surface area contributed by atoms with Gasteiger partial charge in [0.05, 0.1) is 0 Å². The molecule has 0 aromatic rings. The Bertz CT molecular complexity index is 92.7. The van der Waals surface area contributed by atoms with Gasteiger partial charge in [0, 0.05) is 14.1 Å². The Morgan fingerprint density at radius 2 is 2.00 bits per heavy atom. The van der Waals surface area contributed by atoms with Crippen molar-refractivity contribution < 1.29 is 0 Å². The summed E-state index contributed by atoms with van der Waals surface area (Å²) in [5.74, 6) is 0. The predicted molar refractivity (Wildman–Crippen MR) is 42.4 cm³/mol. The van der Waals surface area contributed by atoms with Crippen molar-refractivity contribution >= 4 is 0 Å². The topological polar surface area (TPSA) is 3.24 Å². The molecule has 1 nitrogen and oxygen atoms in total. The minimum atomic E-state index is 1.22. The van der Waals surface area contributed by atoms with E-state index >= 15 is 0 Å². The molecule has 0 spiro atoms. The van der Waals surface area contributed by atoms with Crippen molar-refractivity contribution in [2.45, 2.75) is 26.7 Å². The molecule has 0 aliphatic carbocycles. The third-order valence-corrected chi connectivity index (χ3v) is 1.12. The molecule has 0 aromatic heterocycles. The van der Waals surface area contributed by atoms with E-state index in [1.807, 2.05) is 0 Å². The Morgan fingerprint density at radius 1 is 1.44 bits per heavy atom. The second-order valence-electron chi connectivity index (χ2n) is 2.69. The van der Waals surface area contributed by atoms with Gasteiger partial charge in [0.2, 0.25) is 0 Å². The minimum absolute atomic E-state index is 1.22. The molecular formula is C8H17N. The summed E-state index contributed by atoms with van der Waals surface area (Å²) in [5, 5.41) is 0. The van der Waals surface area contributed by atoms with Gasteiger partial charge in [-0.25, -0.2) is 0 Å². The third-order valence-electron chi connectivity index (χ3n) is 1.12. The number of hydrogen-bond donors (Lipinski definition) is 0. The minimum Gasteiger partial charge on any atom is -0.384 e. The highest BCUT2D eigenvalue weighted by Gasteiger charge is 1.85. The highest BCUT2D eigenvalue weighted by atomic mass is 15.0. The molecule has 0 radical (unpaired) electrons. The fraction of sp³-hybridized carbons (Fsp3) is 0.750. The van der Waals surface area contributed by atoms with Gasteiger partial charge in [0.1, 0.15) is 0 Å². The van der Waals surface area contributed by atoms with E-state index in [1.165, 1.54) is 18.4 Å². The zero-order valence-electron chi connectivity index (χ0n) is 6.94. The molecule has 0 aromatic carbocycles. The van der Waals surface area contributed by atoms with Gasteiger partial charge in [-0.15, -0.1) is 0 Å². The summed E-state index contributed by atoms with van der Waals surface area (Å²) < 4.78 is 0. The fourth-order valence-electron chi connectivity index (χ4n) is 0.900. The molecule has 0 bridgehead atoms. The first-order valence-corrected chi connectivity index (χ1v) is 3.50. The van der Waals surface area contributed by atoms with Gasteiger partial charge in [-0.1, -0.05) is 18.9 Å². The van der Waals surface area contributed by atoms with E-state index in [-0.39, 0.29) is 0 Å². The van der Waals surface area contributed by atoms with Crippen LogP contribution in [0.5, 0.6) is 0 Å². The van der Waals surface area contributed by atoms with Gasteiger partial charge >= 0.3 is 0 Å². The molecule has 0 fully saturated rings. The van der Waals surface area contributed by atoms with Crippen LogP contribution in [0.25, 0.3) is 0 Å². The van der Waals surface area contributed by atoms with Gasteiger partial charge < -0.3 is 4.90 Å². The van der Waals surface area contributed by atoms with Crippen LogP contribution >= 0.6 is 0 Å². The van der Waals surface area contributed by atoms with Crippen LogP contribution in [0.4, 0.5) is 0 Å². The Morgan fingerprint density at radius 3 is 2.33 bits per heavy atom. The van der Waals surface area contributed by atoms with Gasteiger partial charge in [-0.3, -0.25) is 0 Å². The molecule has 0 amide bonds. The van der Waals surface area contributed by atoms with Crippen molar-refractivity contribution in [2.24, 2.45) is 0 Å². The molecular weight excluding hydrogens is 110 g/mol. The lowest BCUT2D eigenvalue weighted by Gasteiger charge is -2.06. The number of rotatable bonds is 3. The van der Waals surface area contributed by atoms with Crippen molar-refractivity contribution in [3.8, 4) is 0 Å². The van der Waals surface area contributed by atoms with E-state index in [2.05, 4.69) is 39.0 Å². The maximum absolute atomic E-state index is 2.20. The molecule has 0 atom stereocenters. The van der Waals surface area contributed by atoms with Crippen molar-refractivity contribution in [1.29, 1.82) is 0 Å². The predicted octanol–water partition coefficient (Wildman–Crippen LogP) is 2.25. The maximum Gasteiger partial charge on any atom is 0.00556 e. The van der Waals surface area contributed by atoms with Crippen LogP contribution < -0.4 is 0 Å². The van der Waals surface area contributed by atoms with Gasteiger partial charge in [-0.05, 0) is 19.5 Å². The van der Waals surface area contributed by atoms with E-state index in [4.69, 9.17) is 0 Å². The normalized spacial score (nSPS) is 11.8. The summed E-state index contributed by atoms with van der Waals surface area (Å²) in [7, 11) is 4.11. The quantitative estimate of drug-likeness (QED) is 0.562. The third kappa shape index (κ3) is 5.41. The molecule has 54 valence electrons. The zero-order chi connectivity index (χ0) is 7.28. The monoisotopic (exact) mass is 127 g/mol. The highest BCUT2D eigenvalue weighted by molar-refractivity contribution is 4.95. The van der Waals surface area contributed by atoms with Crippen LogP contribution in [0, 0.1) is 0 Å². The largest absolute Gasteiger partial charge is 0.384 e. The summed E-state index contributed by atoms with van der Waals surface area (Å²) in [6.45, 7) is 4.37. The molecule has 1 heteroatoms. The summed E-state index contributed by atoms with van der Waals surface area (Å²) >= 11 is 0. The molecule has 0 unspecified atom stereocenters. The summed E-state index contributed by atoms with van der Waals surface area (Å²) in [4.78, 5) is 2.09. The lowest BCUT2D eigenvalue weighted by atomic mass is 10.2. The van der Waals surface area contributed by atoms with Crippen LogP contribution in [0.3, 0.4) is 0 Å². The molecule has 0 N–H and O–H groups in total. The maximum atomic E-state index is 2.20. The van der Waals surface area contributed by atoms with E-state index in [0.717, 1.165) is 0 Å². The molecule has 0 rings (SSSR count). The van der Waals surface area contributed by atoms with Crippen molar-refractivity contribution in [1.82, 2.24) is 4.90 Å². The van der Waals surface area contributed by atoms with Crippen molar-refractivity contribution in [2.75, 3.05) is 14.1 Å². The fourth-order valence-corrected chi connectivity index (χ4v) is 0.900. The smallest absolute Gasteiger partial charge is 0.00556 e. The van der Waals surface area contributed by atoms with Crippen LogP contribution in [0.1, 0.15) is 26.7 Å². The molecule has 9 heavy (non-hydrogen) atoms. The van der Waals surface area contributed by atoms with E-state index in [9.17, 15) is 0 Å². The molecule has 0 saturated carbocycles.